The summed E-state index contributed by atoms with van der Waals surface area (Å²) in [5.41, 5.74) is 15.8. The van der Waals surface area contributed by atoms with Gasteiger partial charge in [0.15, 0.2) is 11.4 Å². The Balaban J connectivity index is 1.04. The van der Waals surface area contributed by atoms with E-state index in [-0.39, 0.29) is 0 Å². The molecule has 0 unspecified atom stereocenters. The van der Waals surface area contributed by atoms with Crippen LogP contribution >= 0.6 is 0 Å². The van der Waals surface area contributed by atoms with Crippen molar-refractivity contribution in [2.45, 2.75) is 0 Å². The van der Waals surface area contributed by atoms with Gasteiger partial charge < -0.3 is 4.42 Å². The molecule has 8 aromatic carbocycles. The topological polar surface area (TPSA) is 51.8 Å². The first-order valence-electron chi connectivity index (χ1n) is 19.8. The summed E-state index contributed by atoms with van der Waals surface area (Å²) in [5.74, 6) is 0.638. The SMILES string of the molecule is c1ccc(-c2ccc(-c3cc(-c4ccccc4)nc(-c4cccc(-c5nc6ccc(-c7cccc(-c8ccccc8)c7)cc6c6c5oc5ccccc56)c4)n3)cc2)cc1. The van der Waals surface area contributed by atoms with Crippen molar-refractivity contribution in [3.8, 4) is 78.5 Å². The zero-order chi connectivity index (χ0) is 39.1. The molecule has 0 atom stereocenters. The van der Waals surface area contributed by atoms with Crippen LogP contribution in [-0.4, -0.2) is 15.0 Å². The molecule has 0 fully saturated rings. The first-order chi connectivity index (χ1) is 29.2. The Morgan fingerprint density at radius 3 is 1.49 bits per heavy atom. The van der Waals surface area contributed by atoms with E-state index in [0.717, 1.165) is 88.9 Å². The minimum atomic E-state index is 0.638. The molecular weight excluding hydrogens is 719 g/mol. The van der Waals surface area contributed by atoms with Crippen molar-refractivity contribution in [2.75, 3.05) is 0 Å². The van der Waals surface area contributed by atoms with Crippen molar-refractivity contribution in [2.24, 2.45) is 0 Å². The van der Waals surface area contributed by atoms with Crippen LogP contribution in [-0.2, 0) is 0 Å². The molecule has 3 aromatic heterocycles. The molecule has 0 aliphatic heterocycles. The first-order valence-corrected chi connectivity index (χ1v) is 19.8. The van der Waals surface area contributed by atoms with Gasteiger partial charge in [0.25, 0.3) is 0 Å². The smallest absolute Gasteiger partial charge is 0.162 e. The van der Waals surface area contributed by atoms with Gasteiger partial charge in [-0.15, -0.1) is 0 Å². The largest absolute Gasteiger partial charge is 0.454 e. The van der Waals surface area contributed by atoms with E-state index in [9.17, 15) is 0 Å². The third-order valence-corrected chi connectivity index (χ3v) is 11.1. The van der Waals surface area contributed by atoms with Crippen LogP contribution in [0.2, 0.25) is 0 Å². The van der Waals surface area contributed by atoms with Gasteiger partial charge in [0.05, 0.1) is 16.9 Å². The lowest BCUT2D eigenvalue weighted by molar-refractivity contribution is 0.669. The van der Waals surface area contributed by atoms with Gasteiger partial charge in [-0.3, -0.25) is 0 Å². The number of pyridine rings is 1. The molecule has 0 aliphatic rings. The zero-order valence-corrected chi connectivity index (χ0v) is 32.0. The summed E-state index contributed by atoms with van der Waals surface area (Å²) >= 11 is 0. The van der Waals surface area contributed by atoms with Crippen molar-refractivity contribution in [3.05, 3.63) is 212 Å². The summed E-state index contributed by atoms with van der Waals surface area (Å²) in [6, 6.07) is 73.8. The van der Waals surface area contributed by atoms with Gasteiger partial charge in [-0.25, -0.2) is 15.0 Å². The standard InChI is InChI=1S/C55H35N3O/c1-4-14-36(15-5-1)38-26-28-40(29-27-38)50-35-49(39-18-8-3-9-19-39)57-55(58-50)45-23-13-22-44(33-45)53-54-52(46-24-10-11-25-51(46)59-54)47-34-43(30-31-48(47)56-53)42-21-12-20-41(32-42)37-16-6-2-7-17-37/h1-35H. The van der Waals surface area contributed by atoms with Crippen LogP contribution in [0.5, 0.6) is 0 Å². The second-order valence-corrected chi connectivity index (χ2v) is 14.8. The highest BCUT2D eigenvalue weighted by Crippen LogP contribution is 2.41. The van der Waals surface area contributed by atoms with Gasteiger partial charge in [-0.1, -0.05) is 176 Å². The Morgan fingerprint density at radius 2 is 0.780 bits per heavy atom. The molecule has 276 valence electrons. The van der Waals surface area contributed by atoms with Crippen LogP contribution < -0.4 is 0 Å². The number of fused-ring (bicyclic) bond motifs is 5. The van der Waals surface area contributed by atoms with Crippen molar-refractivity contribution in [1.29, 1.82) is 0 Å². The summed E-state index contributed by atoms with van der Waals surface area (Å²) < 4.78 is 6.72. The van der Waals surface area contributed by atoms with Crippen LogP contribution in [0.25, 0.3) is 111 Å². The fourth-order valence-corrected chi connectivity index (χ4v) is 8.12. The number of rotatable bonds is 7. The minimum absolute atomic E-state index is 0.638. The predicted molar refractivity (Wildman–Crippen MR) is 243 cm³/mol. The fourth-order valence-electron chi connectivity index (χ4n) is 8.12. The van der Waals surface area contributed by atoms with E-state index in [1.165, 1.54) is 16.7 Å². The molecule has 0 N–H and O–H groups in total. The van der Waals surface area contributed by atoms with E-state index in [0.29, 0.717) is 5.82 Å². The predicted octanol–water partition coefficient (Wildman–Crippen LogP) is 14.6. The highest BCUT2D eigenvalue weighted by atomic mass is 16.3. The van der Waals surface area contributed by atoms with Crippen LogP contribution in [0.1, 0.15) is 0 Å². The number of hydrogen-bond donors (Lipinski definition) is 0. The molecule has 0 saturated heterocycles. The molecule has 0 saturated carbocycles. The number of aromatic nitrogens is 3. The zero-order valence-electron chi connectivity index (χ0n) is 32.0. The van der Waals surface area contributed by atoms with Crippen LogP contribution in [0, 0.1) is 0 Å². The number of furan rings is 1. The summed E-state index contributed by atoms with van der Waals surface area (Å²) in [7, 11) is 0. The lowest BCUT2D eigenvalue weighted by atomic mass is 9.96. The van der Waals surface area contributed by atoms with Crippen molar-refractivity contribution in [3.63, 3.8) is 0 Å². The third-order valence-electron chi connectivity index (χ3n) is 11.1. The molecule has 4 nitrogen and oxygen atoms in total. The molecule has 0 amide bonds. The lowest BCUT2D eigenvalue weighted by Crippen LogP contribution is -1.96. The maximum atomic E-state index is 6.72. The van der Waals surface area contributed by atoms with Crippen LogP contribution in [0.3, 0.4) is 0 Å². The van der Waals surface area contributed by atoms with Gasteiger partial charge in [-0.05, 0) is 69.8 Å². The molecule has 0 spiro atoms. The Bertz CT molecular complexity index is 3300. The maximum absolute atomic E-state index is 6.72. The molecule has 4 heteroatoms. The highest BCUT2D eigenvalue weighted by Gasteiger charge is 2.20. The molecule has 59 heavy (non-hydrogen) atoms. The number of nitrogens with zero attached hydrogens (tertiary/aromatic N) is 3. The van der Waals surface area contributed by atoms with Gasteiger partial charge in [0, 0.05) is 38.4 Å². The summed E-state index contributed by atoms with van der Waals surface area (Å²) in [4.78, 5) is 15.7. The normalized spacial score (nSPS) is 11.4. The van der Waals surface area contributed by atoms with Gasteiger partial charge in [0.1, 0.15) is 11.3 Å². The highest BCUT2D eigenvalue weighted by molar-refractivity contribution is 6.21. The molecule has 0 aliphatic carbocycles. The van der Waals surface area contributed by atoms with E-state index < -0.39 is 0 Å². The minimum Gasteiger partial charge on any atom is -0.454 e. The van der Waals surface area contributed by atoms with E-state index in [1.54, 1.807) is 0 Å². The Morgan fingerprint density at radius 1 is 0.305 bits per heavy atom. The molecule has 11 aromatic rings. The summed E-state index contributed by atoms with van der Waals surface area (Å²) in [6.07, 6.45) is 0. The van der Waals surface area contributed by atoms with E-state index >= 15 is 0 Å². The average molecular weight is 754 g/mol. The second-order valence-electron chi connectivity index (χ2n) is 14.8. The molecule has 3 heterocycles. The average Bonchev–Trinajstić information content (AvgIpc) is 3.72. The Labute approximate surface area is 341 Å². The van der Waals surface area contributed by atoms with Crippen LogP contribution in [0.15, 0.2) is 217 Å². The number of hydrogen-bond acceptors (Lipinski definition) is 4. The van der Waals surface area contributed by atoms with E-state index in [2.05, 4.69) is 176 Å². The molecular formula is C55H35N3O. The molecule has 0 bridgehead atoms. The molecule has 0 radical (unpaired) electrons. The number of para-hydroxylation sites is 1. The fraction of sp³-hybridized carbons (Fsp3) is 0. The third kappa shape index (κ3) is 6.43. The van der Waals surface area contributed by atoms with Crippen LogP contribution in [0.4, 0.5) is 0 Å². The van der Waals surface area contributed by atoms with Crippen molar-refractivity contribution < 1.29 is 4.42 Å². The maximum Gasteiger partial charge on any atom is 0.162 e. The quantitative estimate of drug-likeness (QED) is 0.163. The summed E-state index contributed by atoms with van der Waals surface area (Å²) in [5, 5.41) is 3.16. The molecule has 11 rings (SSSR count). The van der Waals surface area contributed by atoms with Gasteiger partial charge in [0.2, 0.25) is 0 Å². The van der Waals surface area contributed by atoms with Gasteiger partial charge in [-0.2, -0.15) is 0 Å². The van der Waals surface area contributed by atoms with Crippen molar-refractivity contribution in [1.82, 2.24) is 15.0 Å². The Kier molecular flexibility index (Phi) is 8.45. The number of benzene rings is 8. The first kappa shape index (κ1) is 34.3. The van der Waals surface area contributed by atoms with E-state index in [1.807, 2.05) is 36.4 Å². The second kappa shape index (κ2) is 14.5. The van der Waals surface area contributed by atoms with Crippen molar-refractivity contribution >= 4 is 32.8 Å². The lowest BCUT2D eigenvalue weighted by Gasteiger charge is -2.12. The monoisotopic (exact) mass is 753 g/mol. The Hall–Kier alpha value is -7.95. The van der Waals surface area contributed by atoms with E-state index in [4.69, 9.17) is 19.4 Å². The summed E-state index contributed by atoms with van der Waals surface area (Å²) in [6.45, 7) is 0. The van der Waals surface area contributed by atoms with Gasteiger partial charge >= 0.3 is 0 Å².